The Balaban J connectivity index is 2.59. The van der Waals surface area contributed by atoms with Crippen LogP contribution in [0.2, 0.25) is 0 Å². The highest BCUT2D eigenvalue weighted by atomic mass is 19.1. The first kappa shape index (κ1) is 15.3. The molecule has 0 saturated carbocycles. The predicted octanol–water partition coefficient (Wildman–Crippen LogP) is 3.10. The van der Waals surface area contributed by atoms with E-state index in [1.807, 2.05) is 6.92 Å². The fourth-order valence-corrected chi connectivity index (χ4v) is 1.49. The van der Waals surface area contributed by atoms with Crippen molar-refractivity contribution in [1.29, 1.82) is 0 Å². The third-order valence-electron chi connectivity index (χ3n) is 2.41. The number of nitro benzene ring substituents is 1. The summed E-state index contributed by atoms with van der Waals surface area (Å²) in [6.45, 7) is 3.18. The van der Waals surface area contributed by atoms with E-state index in [9.17, 15) is 18.9 Å². The van der Waals surface area contributed by atoms with Crippen LogP contribution in [0.5, 0.6) is 0 Å². The zero-order valence-corrected chi connectivity index (χ0v) is 10.6. The van der Waals surface area contributed by atoms with E-state index in [1.54, 1.807) is 0 Å². The van der Waals surface area contributed by atoms with Gasteiger partial charge in [0.25, 0.3) is 0 Å². The van der Waals surface area contributed by atoms with Gasteiger partial charge in [-0.15, -0.1) is 0 Å². The Morgan fingerprint density at radius 2 is 2.11 bits per heavy atom. The van der Waals surface area contributed by atoms with Gasteiger partial charge in [0.1, 0.15) is 11.5 Å². The van der Waals surface area contributed by atoms with Crippen LogP contribution in [0.4, 0.5) is 20.2 Å². The Morgan fingerprint density at radius 3 is 2.74 bits per heavy atom. The first-order valence-electron chi connectivity index (χ1n) is 6.01. The minimum absolute atomic E-state index is 0.179. The van der Waals surface area contributed by atoms with Crippen molar-refractivity contribution in [2.24, 2.45) is 0 Å². The number of hydrogen-bond acceptors (Lipinski definition) is 4. The molecule has 0 radical (unpaired) electrons. The summed E-state index contributed by atoms with van der Waals surface area (Å²) >= 11 is 0. The molecule has 1 aromatic rings. The monoisotopic (exact) mass is 274 g/mol. The molecule has 0 atom stereocenters. The molecule has 0 spiro atoms. The van der Waals surface area contributed by atoms with Crippen LogP contribution >= 0.6 is 0 Å². The van der Waals surface area contributed by atoms with Crippen LogP contribution in [0.15, 0.2) is 12.1 Å². The normalized spacial score (nSPS) is 10.5. The summed E-state index contributed by atoms with van der Waals surface area (Å²) in [5.74, 6) is -2.06. The maximum atomic E-state index is 13.3. The maximum absolute atomic E-state index is 13.3. The number of benzene rings is 1. The van der Waals surface area contributed by atoms with E-state index in [0.717, 1.165) is 18.9 Å². The average molecular weight is 274 g/mol. The third-order valence-corrected chi connectivity index (χ3v) is 2.41. The highest BCUT2D eigenvalue weighted by molar-refractivity contribution is 5.62. The molecule has 0 amide bonds. The summed E-state index contributed by atoms with van der Waals surface area (Å²) in [4.78, 5) is 9.82. The van der Waals surface area contributed by atoms with E-state index in [4.69, 9.17) is 4.74 Å². The molecule has 0 aliphatic heterocycles. The molecule has 0 saturated heterocycles. The Morgan fingerprint density at radius 1 is 1.37 bits per heavy atom. The lowest BCUT2D eigenvalue weighted by molar-refractivity contribution is -0.386. The molecule has 0 aliphatic rings. The van der Waals surface area contributed by atoms with Crippen LogP contribution < -0.4 is 5.32 Å². The van der Waals surface area contributed by atoms with Crippen LogP contribution in [0.3, 0.4) is 0 Å². The maximum Gasteiger partial charge on any atom is 0.327 e. The van der Waals surface area contributed by atoms with Gasteiger partial charge in [-0.1, -0.05) is 13.3 Å². The van der Waals surface area contributed by atoms with E-state index in [2.05, 4.69) is 5.32 Å². The van der Waals surface area contributed by atoms with Crippen molar-refractivity contribution < 1.29 is 18.4 Å². The van der Waals surface area contributed by atoms with Gasteiger partial charge in [0.05, 0.1) is 11.5 Å². The summed E-state index contributed by atoms with van der Waals surface area (Å²) in [7, 11) is 0. The summed E-state index contributed by atoms with van der Waals surface area (Å²) in [6.07, 6.45) is 1.93. The van der Waals surface area contributed by atoms with E-state index in [0.29, 0.717) is 19.3 Å². The molecular weight excluding hydrogens is 258 g/mol. The number of ether oxygens (including phenoxy) is 1. The van der Waals surface area contributed by atoms with Crippen molar-refractivity contribution in [1.82, 2.24) is 0 Å². The Kier molecular flexibility index (Phi) is 6.14. The second kappa shape index (κ2) is 7.63. The van der Waals surface area contributed by atoms with Crippen molar-refractivity contribution in [2.75, 3.05) is 25.1 Å². The van der Waals surface area contributed by atoms with Crippen LogP contribution in [0.1, 0.15) is 19.8 Å². The van der Waals surface area contributed by atoms with Crippen LogP contribution in [-0.4, -0.2) is 24.7 Å². The quantitative estimate of drug-likeness (QED) is 0.449. The number of nitrogens with zero attached hydrogens (tertiary/aromatic N) is 1. The number of nitro groups is 1. The number of nitrogens with one attached hydrogen (secondary N) is 1. The fraction of sp³-hybridized carbons (Fsp3) is 0.500. The Hall–Kier alpha value is -1.76. The van der Waals surface area contributed by atoms with E-state index in [1.165, 1.54) is 0 Å². The van der Waals surface area contributed by atoms with Gasteiger partial charge in [0.15, 0.2) is 0 Å². The van der Waals surface area contributed by atoms with Gasteiger partial charge in [0.2, 0.25) is 5.82 Å². The molecular formula is C12H16F2N2O3. The van der Waals surface area contributed by atoms with Gasteiger partial charge >= 0.3 is 5.69 Å². The predicted molar refractivity (Wildman–Crippen MR) is 67.2 cm³/mol. The largest absolute Gasteiger partial charge is 0.380 e. The highest BCUT2D eigenvalue weighted by Crippen LogP contribution is 2.28. The lowest BCUT2D eigenvalue weighted by atomic mass is 10.2. The summed E-state index contributed by atoms with van der Waals surface area (Å²) in [5.41, 5.74) is -0.934. The van der Waals surface area contributed by atoms with Crippen molar-refractivity contribution in [2.45, 2.75) is 19.8 Å². The summed E-state index contributed by atoms with van der Waals surface area (Å²) in [5, 5.41) is 13.3. The minimum atomic E-state index is -1.19. The SMILES string of the molecule is CCCCOCCNc1cc(F)cc(F)c1[N+](=O)[O-]. The van der Waals surface area contributed by atoms with E-state index >= 15 is 0 Å². The molecule has 0 aromatic heterocycles. The molecule has 0 heterocycles. The molecule has 1 rings (SSSR count). The van der Waals surface area contributed by atoms with Gasteiger partial charge in [-0.05, 0) is 6.42 Å². The third kappa shape index (κ3) is 4.78. The van der Waals surface area contributed by atoms with Crippen LogP contribution in [0.25, 0.3) is 0 Å². The lowest BCUT2D eigenvalue weighted by Crippen LogP contribution is -2.12. The van der Waals surface area contributed by atoms with Gasteiger partial charge in [-0.25, -0.2) is 4.39 Å². The minimum Gasteiger partial charge on any atom is -0.380 e. The summed E-state index contributed by atoms with van der Waals surface area (Å²) < 4.78 is 31.5. The van der Waals surface area contributed by atoms with E-state index in [-0.39, 0.29) is 12.2 Å². The molecule has 0 fully saturated rings. The Labute approximate surface area is 109 Å². The van der Waals surface area contributed by atoms with Crippen molar-refractivity contribution in [3.8, 4) is 0 Å². The first-order valence-corrected chi connectivity index (χ1v) is 6.01. The number of anilines is 1. The summed E-state index contributed by atoms with van der Waals surface area (Å²) in [6, 6.07) is 1.38. The molecule has 1 N–H and O–H groups in total. The number of rotatable bonds is 8. The molecule has 19 heavy (non-hydrogen) atoms. The zero-order chi connectivity index (χ0) is 14.3. The number of hydrogen-bond donors (Lipinski definition) is 1. The zero-order valence-electron chi connectivity index (χ0n) is 10.6. The molecule has 7 heteroatoms. The Bertz CT molecular complexity index is 441. The van der Waals surface area contributed by atoms with Gasteiger partial charge in [-0.2, -0.15) is 4.39 Å². The lowest BCUT2D eigenvalue weighted by Gasteiger charge is -2.08. The average Bonchev–Trinajstić information content (AvgIpc) is 2.32. The second-order valence-corrected chi connectivity index (χ2v) is 3.93. The van der Waals surface area contributed by atoms with Crippen molar-refractivity contribution in [3.63, 3.8) is 0 Å². The highest BCUT2D eigenvalue weighted by Gasteiger charge is 2.21. The molecule has 0 aliphatic carbocycles. The van der Waals surface area contributed by atoms with Gasteiger partial charge in [-0.3, -0.25) is 10.1 Å². The van der Waals surface area contributed by atoms with Crippen molar-refractivity contribution in [3.05, 3.63) is 33.9 Å². The van der Waals surface area contributed by atoms with Gasteiger partial charge < -0.3 is 10.1 Å². The van der Waals surface area contributed by atoms with E-state index < -0.39 is 22.2 Å². The molecule has 5 nitrogen and oxygen atoms in total. The molecule has 106 valence electrons. The van der Waals surface area contributed by atoms with Crippen LogP contribution in [-0.2, 0) is 4.74 Å². The molecule has 0 bridgehead atoms. The first-order chi connectivity index (χ1) is 9.06. The van der Waals surface area contributed by atoms with Crippen LogP contribution in [0, 0.1) is 21.7 Å². The van der Waals surface area contributed by atoms with Crippen molar-refractivity contribution >= 4 is 11.4 Å². The standard InChI is InChI=1S/C12H16F2N2O3/c1-2-3-5-19-6-4-15-11-8-9(13)7-10(14)12(11)16(17)18/h7-8,15H,2-6H2,1H3. The molecule has 1 aromatic carbocycles. The molecule has 0 unspecified atom stereocenters. The topological polar surface area (TPSA) is 64.4 Å². The van der Waals surface area contributed by atoms with Gasteiger partial charge in [0, 0.05) is 25.3 Å². The second-order valence-electron chi connectivity index (χ2n) is 3.93. The number of unbranched alkanes of at least 4 members (excludes halogenated alkanes) is 1. The number of halogens is 2. The fourth-order valence-electron chi connectivity index (χ4n) is 1.49. The smallest absolute Gasteiger partial charge is 0.327 e.